The van der Waals surface area contributed by atoms with Crippen LogP contribution in [0.25, 0.3) is 5.57 Å². The molecule has 1 N–H and O–H groups in total. The number of rotatable bonds is 6. The lowest BCUT2D eigenvalue weighted by molar-refractivity contribution is 0.0463. The number of benzene rings is 1. The van der Waals surface area contributed by atoms with Gasteiger partial charge in [0.25, 0.3) is 5.91 Å². The Bertz CT molecular complexity index is 1180. The van der Waals surface area contributed by atoms with Gasteiger partial charge in [-0.25, -0.2) is 4.79 Å². The van der Waals surface area contributed by atoms with Gasteiger partial charge in [-0.1, -0.05) is 63.6 Å². The van der Waals surface area contributed by atoms with Crippen molar-refractivity contribution in [3.63, 3.8) is 0 Å². The summed E-state index contributed by atoms with van der Waals surface area (Å²) in [5.74, 6) is 0.338. The largest absolute Gasteiger partial charge is 0.489 e. The highest BCUT2D eigenvalue weighted by Gasteiger charge is 2.48. The summed E-state index contributed by atoms with van der Waals surface area (Å²) in [6, 6.07) is 9.74. The number of cyclic esters (lactones) is 1. The van der Waals surface area contributed by atoms with Crippen LogP contribution >= 0.6 is 0 Å². The first-order chi connectivity index (χ1) is 18.4. The summed E-state index contributed by atoms with van der Waals surface area (Å²) in [6.07, 6.45) is 6.46. The van der Waals surface area contributed by atoms with Gasteiger partial charge in [-0.05, 0) is 19.4 Å². The molecule has 0 aliphatic carbocycles. The summed E-state index contributed by atoms with van der Waals surface area (Å²) in [5, 5.41) is 2.94. The van der Waals surface area contributed by atoms with E-state index >= 15 is 0 Å². The number of fused-ring (bicyclic) bond motifs is 1. The summed E-state index contributed by atoms with van der Waals surface area (Å²) >= 11 is 0. The first-order valence-electron chi connectivity index (χ1n) is 13.6. The Kier molecular flexibility index (Phi) is 10.0. The number of aliphatic imine (C=N–C) groups is 1. The maximum Gasteiger partial charge on any atom is 0.410 e. The number of aromatic nitrogens is 1. The molecular weight excluding hydrogens is 480 g/mol. The summed E-state index contributed by atoms with van der Waals surface area (Å²) < 4.78 is 11.7. The van der Waals surface area contributed by atoms with Gasteiger partial charge in [-0.2, -0.15) is 0 Å². The van der Waals surface area contributed by atoms with Crippen LogP contribution in [0.1, 0.15) is 74.6 Å². The van der Waals surface area contributed by atoms with Crippen molar-refractivity contribution in [1.82, 2.24) is 15.2 Å². The number of hydrogen-bond acceptors (Lipinski definition) is 6. The third-order valence-corrected chi connectivity index (χ3v) is 6.64. The van der Waals surface area contributed by atoms with E-state index in [1.165, 1.54) is 5.56 Å². The first kappa shape index (κ1) is 28.9. The van der Waals surface area contributed by atoms with Crippen LogP contribution in [0.4, 0.5) is 4.79 Å². The van der Waals surface area contributed by atoms with Crippen LogP contribution < -0.4 is 10.1 Å². The minimum Gasteiger partial charge on any atom is -0.489 e. The zero-order valence-corrected chi connectivity index (χ0v) is 23.4. The molecule has 8 heteroatoms. The van der Waals surface area contributed by atoms with E-state index in [1.807, 2.05) is 71.9 Å². The molecule has 0 radical (unpaired) electrons. The number of hydrogen-bond donors (Lipinski definition) is 1. The number of allylic oxidation sites excluding steroid dienone is 1. The van der Waals surface area contributed by atoms with E-state index in [-0.39, 0.29) is 23.6 Å². The van der Waals surface area contributed by atoms with Crippen molar-refractivity contribution in [3.8, 4) is 5.75 Å². The lowest BCUT2D eigenvalue weighted by Gasteiger charge is -2.40. The Morgan fingerprint density at radius 1 is 1.21 bits per heavy atom. The van der Waals surface area contributed by atoms with Crippen LogP contribution in [0, 0.1) is 6.92 Å². The minimum atomic E-state index is -0.379. The average Bonchev–Trinajstić information content (AvgIpc) is 3.58. The van der Waals surface area contributed by atoms with E-state index in [1.54, 1.807) is 23.4 Å². The molecule has 2 fully saturated rings. The molecule has 8 nitrogen and oxygen atoms in total. The van der Waals surface area contributed by atoms with Gasteiger partial charge < -0.3 is 14.8 Å². The number of carbonyl (C=O) groups excluding carboxylic acids is 2. The molecular formula is C30H40N4O4. The summed E-state index contributed by atoms with van der Waals surface area (Å²) in [4.78, 5) is 35.3. The van der Waals surface area contributed by atoms with Crippen LogP contribution in [0.2, 0.25) is 0 Å². The molecule has 0 spiro atoms. The molecule has 0 bridgehead atoms. The van der Waals surface area contributed by atoms with Gasteiger partial charge in [0.15, 0.2) is 0 Å². The van der Waals surface area contributed by atoms with E-state index in [4.69, 9.17) is 9.47 Å². The molecule has 2 saturated heterocycles. The van der Waals surface area contributed by atoms with Gasteiger partial charge >= 0.3 is 6.09 Å². The predicted octanol–water partition coefficient (Wildman–Crippen LogP) is 5.59. The molecule has 2 atom stereocenters. The van der Waals surface area contributed by atoms with Gasteiger partial charge in [-0.15, -0.1) is 0 Å². The molecule has 3 aliphatic rings. The van der Waals surface area contributed by atoms with E-state index in [0.29, 0.717) is 50.5 Å². The molecule has 204 valence electrons. The number of nitrogens with zero attached hydrogens (tertiary/aromatic N) is 3. The average molecular weight is 521 g/mol. The number of nitrogens with one attached hydrogen (secondary N) is 1. The van der Waals surface area contributed by atoms with Crippen molar-refractivity contribution in [2.24, 2.45) is 4.99 Å². The van der Waals surface area contributed by atoms with Gasteiger partial charge in [0, 0.05) is 55.5 Å². The fourth-order valence-electron chi connectivity index (χ4n) is 4.66. The van der Waals surface area contributed by atoms with Gasteiger partial charge in [0.2, 0.25) is 0 Å². The van der Waals surface area contributed by atoms with E-state index in [0.717, 1.165) is 16.7 Å². The predicted molar refractivity (Wildman–Crippen MR) is 151 cm³/mol. The zero-order chi connectivity index (χ0) is 27.7. The SMILES string of the molecule is CC.CC.Cc1ccc(CNC(=O)c2cc(OC3CCN4C(=O)OCC4(C)C3)c(C3=CCN=C3)cn2)cc1. The number of pyridine rings is 1. The maximum absolute atomic E-state index is 12.9. The van der Waals surface area contributed by atoms with Crippen molar-refractivity contribution in [2.45, 2.75) is 72.6 Å². The Labute approximate surface area is 226 Å². The fourth-order valence-corrected chi connectivity index (χ4v) is 4.66. The quantitative estimate of drug-likeness (QED) is 0.536. The number of ether oxygens (including phenoxy) is 2. The second kappa shape index (κ2) is 13.2. The Morgan fingerprint density at radius 2 is 1.95 bits per heavy atom. The third-order valence-electron chi connectivity index (χ3n) is 6.64. The third kappa shape index (κ3) is 6.60. The maximum atomic E-state index is 12.9. The monoisotopic (exact) mass is 520 g/mol. The van der Waals surface area contributed by atoms with Crippen molar-refractivity contribution in [2.75, 3.05) is 19.7 Å². The van der Waals surface area contributed by atoms with Crippen molar-refractivity contribution < 1.29 is 19.1 Å². The molecule has 2 amide bonds. The van der Waals surface area contributed by atoms with Crippen molar-refractivity contribution in [3.05, 3.63) is 65.0 Å². The Balaban J connectivity index is 0.000000956. The lowest BCUT2D eigenvalue weighted by Crippen LogP contribution is -2.53. The molecule has 1 aromatic carbocycles. The van der Waals surface area contributed by atoms with Gasteiger partial charge in [0.05, 0.1) is 12.1 Å². The molecule has 1 aromatic heterocycles. The van der Waals surface area contributed by atoms with Gasteiger partial charge in [0.1, 0.15) is 24.2 Å². The molecule has 4 heterocycles. The summed E-state index contributed by atoms with van der Waals surface area (Å²) in [7, 11) is 0. The number of piperidine rings is 1. The standard InChI is InChI=1S/C26H28N4O4.2C2H6/c1-17-3-5-18(6-4-17)13-29-24(31)22-11-23(21(15-28-22)19-7-9-27-14-19)34-20-8-10-30-25(32)33-16-26(30,2)12-20;2*1-2/h3-7,11,14-15,20H,8-10,12-13,16H2,1-2H3,(H,29,31);2*1-2H3. The summed E-state index contributed by atoms with van der Waals surface area (Å²) in [6.45, 7) is 14.0. The molecule has 38 heavy (non-hydrogen) atoms. The van der Waals surface area contributed by atoms with Crippen molar-refractivity contribution in [1.29, 1.82) is 0 Å². The van der Waals surface area contributed by atoms with E-state index in [2.05, 4.69) is 15.3 Å². The molecule has 5 rings (SSSR count). The topological polar surface area (TPSA) is 93.1 Å². The molecule has 0 saturated carbocycles. The second-order valence-corrected chi connectivity index (χ2v) is 9.32. The van der Waals surface area contributed by atoms with Crippen LogP contribution in [0.3, 0.4) is 0 Å². The first-order valence-corrected chi connectivity index (χ1v) is 13.6. The van der Waals surface area contributed by atoms with Crippen molar-refractivity contribution >= 4 is 23.8 Å². The highest BCUT2D eigenvalue weighted by Crippen LogP contribution is 2.37. The zero-order valence-electron chi connectivity index (χ0n) is 23.4. The van der Waals surface area contributed by atoms with Crippen LogP contribution in [0.15, 0.2) is 47.6 Å². The lowest BCUT2D eigenvalue weighted by atomic mass is 9.88. The molecule has 2 unspecified atom stereocenters. The van der Waals surface area contributed by atoms with Crippen LogP contribution in [-0.2, 0) is 11.3 Å². The number of carbonyl (C=O) groups is 2. The van der Waals surface area contributed by atoms with E-state index in [9.17, 15) is 9.59 Å². The number of aryl methyl sites for hydroxylation is 1. The second-order valence-electron chi connectivity index (χ2n) is 9.32. The Morgan fingerprint density at radius 3 is 2.63 bits per heavy atom. The summed E-state index contributed by atoms with van der Waals surface area (Å²) in [5.41, 5.74) is 3.85. The normalized spacial score (nSPS) is 21.2. The van der Waals surface area contributed by atoms with E-state index < -0.39 is 0 Å². The fraction of sp³-hybridized carbons (Fsp3) is 0.467. The van der Waals surface area contributed by atoms with Crippen LogP contribution in [0.5, 0.6) is 5.75 Å². The highest BCUT2D eigenvalue weighted by atomic mass is 16.6. The van der Waals surface area contributed by atoms with Crippen LogP contribution in [-0.4, -0.2) is 59.4 Å². The number of amides is 2. The Hall–Kier alpha value is -3.68. The minimum absolute atomic E-state index is 0.112. The molecule has 2 aromatic rings. The molecule has 3 aliphatic heterocycles. The highest BCUT2D eigenvalue weighted by molar-refractivity contribution is 6.12. The smallest absolute Gasteiger partial charge is 0.410 e. The van der Waals surface area contributed by atoms with Gasteiger partial charge in [-0.3, -0.25) is 19.7 Å².